The molecule has 0 heterocycles. The molecule has 3 atom stereocenters. The maximum Gasteiger partial charge on any atom is 0.407 e. The van der Waals surface area contributed by atoms with Gasteiger partial charge in [-0.05, 0) is 35.1 Å². The van der Waals surface area contributed by atoms with Crippen molar-refractivity contribution in [3.63, 3.8) is 0 Å². The van der Waals surface area contributed by atoms with E-state index < -0.39 is 30.1 Å². The monoisotopic (exact) mass is 393 g/mol. The molecule has 2 aromatic rings. The summed E-state index contributed by atoms with van der Waals surface area (Å²) in [5, 5.41) is 22.3. The van der Waals surface area contributed by atoms with Crippen LogP contribution in [0.1, 0.15) is 29.9 Å². The minimum atomic E-state index is -1.18. The SMILES string of the molecule is O=C(N[C@@H]1CC=CC[C@H](C(=O)O)[C@@H]1O)OCC1c2ccccc2-c2ccccc21. The highest BCUT2D eigenvalue weighted by atomic mass is 16.5. The second kappa shape index (κ2) is 8.09. The first-order valence-electron chi connectivity index (χ1n) is 9.73. The lowest BCUT2D eigenvalue weighted by Gasteiger charge is -2.25. The van der Waals surface area contributed by atoms with Gasteiger partial charge >= 0.3 is 12.1 Å². The molecule has 1 amide bonds. The Kier molecular flexibility index (Phi) is 5.36. The molecule has 0 spiro atoms. The standard InChI is InChI=1S/C23H23NO5/c25-21-18(22(26)27)11-5-6-12-20(21)24-23(28)29-13-19-16-9-3-1-7-14(16)15-8-2-4-10-17(15)19/h1-10,18-21,25H,11-13H2,(H,24,28)(H,26,27)/t18-,20+,21-/m0/s1. The summed E-state index contributed by atoms with van der Waals surface area (Å²) >= 11 is 0. The van der Waals surface area contributed by atoms with Gasteiger partial charge < -0.3 is 20.3 Å². The third kappa shape index (κ3) is 3.76. The number of carboxylic acids is 1. The van der Waals surface area contributed by atoms with Gasteiger partial charge in [0.1, 0.15) is 6.61 Å². The number of carbonyl (C=O) groups is 2. The van der Waals surface area contributed by atoms with Gasteiger partial charge in [-0.15, -0.1) is 0 Å². The lowest BCUT2D eigenvalue weighted by Crippen LogP contribution is -2.47. The van der Waals surface area contributed by atoms with Crippen LogP contribution in [0, 0.1) is 5.92 Å². The van der Waals surface area contributed by atoms with Crippen LogP contribution in [0.5, 0.6) is 0 Å². The summed E-state index contributed by atoms with van der Waals surface area (Å²) in [6.07, 6.45) is 2.26. The highest BCUT2D eigenvalue weighted by molar-refractivity contribution is 5.79. The largest absolute Gasteiger partial charge is 0.481 e. The van der Waals surface area contributed by atoms with Crippen LogP contribution in [0.25, 0.3) is 11.1 Å². The molecule has 0 radical (unpaired) electrons. The van der Waals surface area contributed by atoms with Gasteiger partial charge in [-0.1, -0.05) is 60.7 Å². The number of amides is 1. The molecule has 2 aliphatic carbocycles. The fourth-order valence-corrected chi connectivity index (χ4v) is 4.23. The van der Waals surface area contributed by atoms with Crippen LogP contribution in [-0.2, 0) is 9.53 Å². The van der Waals surface area contributed by atoms with Crippen LogP contribution < -0.4 is 5.32 Å². The molecular formula is C23H23NO5. The number of rotatable bonds is 4. The number of aliphatic hydroxyl groups is 1. The van der Waals surface area contributed by atoms with E-state index >= 15 is 0 Å². The normalized spacial score (nSPS) is 23.0. The van der Waals surface area contributed by atoms with Crippen molar-refractivity contribution in [2.24, 2.45) is 5.92 Å². The van der Waals surface area contributed by atoms with E-state index in [1.165, 1.54) is 0 Å². The zero-order chi connectivity index (χ0) is 20.4. The zero-order valence-corrected chi connectivity index (χ0v) is 15.8. The molecule has 0 aliphatic heterocycles. The molecule has 0 saturated heterocycles. The molecular weight excluding hydrogens is 370 g/mol. The third-order valence-corrected chi connectivity index (χ3v) is 5.74. The Morgan fingerprint density at radius 1 is 0.966 bits per heavy atom. The van der Waals surface area contributed by atoms with Crippen molar-refractivity contribution in [3.05, 3.63) is 71.8 Å². The number of hydrogen-bond donors (Lipinski definition) is 3. The van der Waals surface area contributed by atoms with Gasteiger partial charge in [0.15, 0.2) is 0 Å². The smallest absolute Gasteiger partial charge is 0.407 e. The molecule has 0 fully saturated rings. The first kappa shape index (κ1) is 19.2. The second-order valence-corrected chi connectivity index (χ2v) is 7.45. The van der Waals surface area contributed by atoms with Gasteiger partial charge in [0, 0.05) is 5.92 Å². The number of carboxylic acid groups (broad SMARTS) is 1. The Bertz CT molecular complexity index is 908. The number of fused-ring (bicyclic) bond motifs is 3. The first-order chi connectivity index (χ1) is 14.1. The van der Waals surface area contributed by atoms with Crippen molar-refractivity contribution in [1.29, 1.82) is 0 Å². The van der Waals surface area contributed by atoms with Crippen LogP contribution in [0.3, 0.4) is 0 Å². The molecule has 6 heteroatoms. The number of carbonyl (C=O) groups excluding carboxylic acids is 1. The van der Waals surface area contributed by atoms with Crippen molar-refractivity contribution in [2.75, 3.05) is 6.61 Å². The summed E-state index contributed by atoms with van der Waals surface area (Å²) < 4.78 is 5.49. The highest BCUT2D eigenvalue weighted by Crippen LogP contribution is 2.44. The lowest BCUT2D eigenvalue weighted by molar-refractivity contribution is -0.146. The van der Waals surface area contributed by atoms with Gasteiger partial charge in [0.2, 0.25) is 0 Å². The molecule has 2 aromatic carbocycles. The topological polar surface area (TPSA) is 95.9 Å². The van der Waals surface area contributed by atoms with E-state index in [1.54, 1.807) is 12.2 Å². The number of allylic oxidation sites excluding steroid dienone is 1. The zero-order valence-electron chi connectivity index (χ0n) is 15.8. The summed E-state index contributed by atoms with van der Waals surface area (Å²) in [5.74, 6) is -2.09. The summed E-state index contributed by atoms with van der Waals surface area (Å²) in [7, 11) is 0. The summed E-state index contributed by atoms with van der Waals surface area (Å²) in [5.41, 5.74) is 4.52. The minimum absolute atomic E-state index is 0.0566. The molecule has 150 valence electrons. The molecule has 2 aliphatic rings. The van der Waals surface area contributed by atoms with E-state index in [2.05, 4.69) is 17.4 Å². The number of aliphatic hydroxyl groups excluding tert-OH is 1. The summed E-state index contributed by atoms with van der Waals surface area (Å²) in [4.78, 5) is 23.8. The molecule has 0 unspecified atom stereocenters. The lowest BCUT2D eigenvalue weighted by atomic mass is 9.94. The van der Waals surface area contributed by atoms with Crippen molar-refractivity contribution < 1.29 is 24.5 Å². The van der Waals surface area contributed by atoms with Crippen molar-refractivity contribution in [3.8, 4) is 11.1 Å². The Morgan fingerprint density at radius 2 is 1.55 bits per heavy atom. The molecule has 0 bridgehead atoms. The van der Waals surface area contributed by atoms with Crippen molar-refractivity contribution in [1.82, 2.24) is 5.32 Å². The second-order valence-electron chi connectivity index (χ2n) is 7.45. The van der Waals surface area contributed by atoms with Crippen LogP contribution in [0.4, 0.5) is 4.79 Å². The number of hydrogen-bond acceptors (Lipinski definition) is 4. The van der Waals surface area contributed by atoms with E-state index in [9.17, 15) is 19.8 Å². The van der Waals surface area contributed by atoms with Gasteiger partial charge in [-0.25, -0.2) is 4.79 Å². The summed E-state index contributed by atoms with van der Waals surface area (Å²) in [6, 6.07) is 15.4. The maximum absolute atomic E-state index is 12.4. The van der Waals surface area contributed by atoms with Crippen LogP contribution in [0.15, 0.2) is 60.7 Å². The Labute approximate surface area is 168 Å². The van der Waals surface area contributed by atoms with Crippen molar-refractivity contribution >= 4 is 12.1 Å². The highest BCUT2D eigenvalue weighted by Gasteiger charge is 2.35. The van der Waals surface area contributed by atoms with Crippen LogP contribution in [0.2, 0.25) is 0 Å². The molecule has 29 heavy (non-hydrogen) atoms. The fourth-order valence-electron chi connectivity index (χ4n) is 4.23. The minimum Gasteiger partial charge on any atom is -0.481 e. The van der Waals surface area contributed by atoms with Gasteiger partial charge in [-0.2, -0.15) is 0 Å². The third-order valence-electron chi connectivity index (χ3n) is 5.74. The number of ether oxygens (including phenoxy) is 1. The molecule has 4 rings (SSSR count). The Morgan fingerprint density at radius 3 is 2.17 bits per heavy atom. The fraction of sp³-hybridized carbons (Fsp3) is 0.304. The average molecular weight is 393 g/mol. The average Bonchev–Trinajstić information content (AvgIpc) is 2.92. The van der Waals surface area contributed by atoms with Gasteiger partial charge in [-0.3, -0.25) is 4.79 Å². The maximum atomic E-state index is 12.4. The van der Waals surface area contributed by atoms with Gasteiger partial charge in [0.25, 0.3) is 0 Å². The number of alkyl carbamates (subject to hydrolysis) is 1. The number of aliphatic carboxylic acids is 1. The quantitative estimate of drug-likeness (QED) is 0.693. The van der Waals surface area contributed by atoms with Crippen molar-refractivity contribution in [2.45, 2.75) is 30.9 Å². The van der Waals surface area contributed by atoms with E-state index in [0.717, 1.165) is 22.3 Å². The number of benzene rings is 2. The van der Waals surface area contributed by atoms with Gasteiger partial charge in [0.05, 0.1) is 18.1 Å². The van der Waals surface area contributed by atoms with E-state index in [4.69, 9.17) is 4.74 Å². The molecule has 0 aromatic heterocycles. The summed E-state index contributed by atoms with van der Waals surface area (Å²) in [6.45, 7) is 0.168. The molecule has 0 saturated carbocycles. The predicted octanol–water partition coefficient (Wildman–Crippen LogP) is 3.31. The Balaban J connectivity index is 1.44. The van der Waals surface area contributed by atoms with Crippen LogP contribution >= 0.6 is 0 Å². The van der Waals surface area contributed by atoms with E-state index in [-0.39, 0.29) is 18.9 Å². The molecule has 6 nitrogen and oxygen atoms in total. The van der Waals surface area contributed by atoms with E-state index in [0.29, 0.717) is 6.42 Å². The Hall–Kier alpha value is -3.12. The van der Waals surface area contributed by atoms with E-state index in [1.807, 2.05) is 36.4 Å². The molecule has 3 N–H and O–H groups in total. The van der Waals surface area contributed by atoms with Crippen LogP contribution in [-0.4, -0.2) is 41.0 Å². The first-order valence-corrected chi connectivity index (χ1v) is 9.73. The number of nitrogens with one attached hydrogen (secondary N) is 1. The predicted molar refractivity (Wildman–Crippen MR) is 107 cm³/mol.